The number of carboxylic acid groups (broad SMARTS) is 1. The number of benzene rings is 1. The summed E-state index contributed by atoms with van der Waals surface area (Å²) in [7, 11) is 2.04. The molecule has 26 heavy (non-hydrogen) atoms. The molecule has 4 rings (SSSR count). The first-order chi connectivity index (χ1) is 12.3. The summed E-state index contributed by atoms with van der Waals surface area (Å²) in [6, 6.07) is 3.82. The molecule has 0 saturated carbocycles. The van der Waals surface area contributed by atoms with Gasteiger partial charge in [0.25, 0.3) is 12.4 Å². The standard InChI is InChI=1S/C15H15F3N4O.CH2O2/c1-21-6-10-5-9(21)7-22(10)14(23)13-11-3-2-8(15(16,17)18)4-12(11)19-20-13;2-1-3/h2-4,9-10H,5-7H2,1H3,(H,19,20);1H,(H,2,3)/t9-,10-;/m0./s1. The smallest absolute Gasteiger partial charge is 0.416 e. The fourth-order valence-corrected chi connectivity index (χ4v) is 3.61. The van der Waals surface area contributed by atoms with E-state index in [2.05, 4.69) is 15.1 Å². The lowest BCUT2D eigenvalue weighted by Gasteiger charge is -2.31. The van der Waals surface area contributed by atoms with Crippen LogP contribution in [0.5, 0.6) is 0 Å². The number of nitrogens with one attached hydrogen (secondary N) is 1. The molecular weight excluding hydrogens is 353 g/mol. The number of piperazine rings is 1. The highest BCUT2D eigenvalue weighted by atomic mass is 19.4. The van der Waals surface area contributed by atoms with E-state index in [-0.39, 0.29) is 29.6 Å². The second-order valence-electron chi connectivity index (χ2n) is 6.38. The molecule has 3 heterocycles. The van der Waals surface area contributed by atoms with E-state index >= 15 is 0 Å². The molecule has 1 aromatic carbocycles. The summed E-state index contributed by atoms with van der Waals surface area (Å²) in [5, 5.41) is 13.8. The van der Waals surface area contributed by atoms with Gasteiger partial charge in [0, 0.05) is 30.6 Å². The van der Waals surface area contributed by atoms with Gasteiger partial charge in [-0.05, 0) is 31.7 Å². The van der Waals surface area contributed by atoms with Crippen LogP contribution in [0.1, 0.15) is 22.5 Å². The number of carbonyl (C=O) groups is 2. The summed E-state index contributed by atoms with van der Waals surface area (Å²) in [5.74, 6) is -0.211. The Morgan fingerprint density at radius 1 is 1.35 bits per heavy atom. The van der Waals surface area contributed by atoms with Gasteiger partial charge in [0.1, 0.15) is 0 Å². The average Bonchev–Trinajstić information content (AvgIpc) is 3.26. The van der Waals surface area contributed by atoms with Crippen LogP contribution in [0.4, 0.5) is 13.2 Å². The van der Waals surface area contributed by atoms with Gasteiger partial charge in [-0.1, -0.05) is 0 Å². The Balaban J connectivity index is 0.000000613. The summed E-state index contributed by atoms with van der Waals surface area (Å²) < 4.78 is 38.3. The van der Waals surface area contributed by atoms with Crippen molar-refractivity contribution in [1.29, 1.82) is 0 Å². The second-order valence-corrected chi connectivity index (χ2v) is 6.38. The molecule has 2 aromatic rings. The Morgan fingerprint density at radius 3 is 2.58 bits per heavy atom. The Hall–Kier alpha value is -2.62. The molecule has 2 N–H and O–H groups in total. The van der Waals surface area contributed by atoms with Gasteiger partial charge in [-0.2, -0.15) is 18.3 Å². The highest BCUT2D eigenvalue weighted by Gasteiger charge is 2.44. The van der Waals surface area contributed by atoms with Crippen molar-refractivity contribution in [2.75, 3.05) is 20.1 Å². The van der Waals surface area contributed by atoms with Crippen molar-refractivity contribution in [3.8, 4) is 0 Å². The summed E-state index contributed by atoms with van der Waals surface area (Å²) in [6.45, 7) is 1.23. The minimum Gasteiger partial charge on any atom is -0.483 e. The lowest BCUT2D eigenvalue weighted by molar-refractivity contribution is -0.137. The molecule has 2 bridgehead atoms. The zero-order chi connectivity index (χ0) is 19.1. The maximum Gasteiger partial charge on any atom is 0.416 e. The predicted molar refractivity (Wildman–Crippen MR) is 85.6 cm³/mol. The van der Waals surface area contributed by atoms with E-state index in [1.54, 1.807) is 4.90 Å². The maximum atomic E-state index is 12.8. The van der Waals surface area contributed by atoms with Crippen LogP contribution < -0.4 is 0 Å². The number of fused-ring (bicyclic) bond motifs is 3. The highest BCUT2D eigenvalue weighted by Crippen LogP contribution is 2.33. The lowest BCUT2D eigenvalue weighted by atomic mass is 10.1. The molecule has 140 valence electrons. The molecule has 7 nitrogen and oxygen atoms in total. The first kappa shape index (κ1) is 18.2. The number of H-pyrrole nitrogens is 1. The van der Waals surface area contributed by atoms with Gasteiger partial charge in [0.05, 0.1) is 11.1 Å². The van der Waals surface area contributed by atoms with Gasteiger partial charge in [-0.15, -0.1) is 0 Å². The Morgan fingerprint density at radius 2 is 2.04 bits per heavy atom. The number of likely N-dealkylation sites (tertiary alicyclic amines) is 2. The van der Waals surface area contributed by atoms with Crippen LogP contribution in [-0.4, -0.2) is 69.7 Å². The second kappa shape index (κ2) is 6.60. The number of alkyl halides is 3. The van der Waals surface area contributed by atoms with E-state index < -0.39 is 11.7 Å². The number of amides is 1. The van der Waals surface area contributed by atoms with Crippen LogP contribution in [0.15, 0.2) is 18.2 Å². The fourth-order valence-electron chi connectivity index (χ4n) is 3.61. The first-order valence-electron chi connectivity index (χ1n) is 7.90. The Bertz CT molecular complexity index is 834. The monoisotopic (exact) mass is 370 g/mol. The lowest BCUT2D eigenvalue weighted by Crippen LogP contribution is -2.47. The quantitative estimate of drug-likeness (QED) is 0.748. The molecule has 2 atom stereocenters. The van der Waals surface area contributed by atoms with E-state index in [0.717, 1.165) is 25.1 Å². The summed E-state index contributed by atoms with van der Waals surface area (Å²) >= 11 is 0. The van der Waals surface area contributed by atoms with Crippen molar-refractivity contribution in [3.05, 3.63) is 29.5 Å². The zero-order valence-corrected chi connectivity index (χ0v) is 13.8. The van der Waals surface area contributed by atoms with Crippen molar-refractivity contribution < 1.29 is 27.9 Å². The van der Waals surface area contributed by atoms with Crippen molar-refractivity contribution in [2.45, 2.75) is 24.7 Å². The number of hydrogen-bond acceptors (Lipinski definition) is 4. The summed E-state index contributed by atoms with van der Waals surface area (Å²) in [4.78, 5) is 25.1. The number of likely N-dealkylation sites (N-methyl/N-ethyl adjacent to an activating group) is 1. The van der Waals surface area contributed by atoms with Crippen molar-refractivity contribution in [2.24, 2.45) is 0 Å². The van der Waals surface area contributed by atoms with E-state index in [1.165, 1.54) is 6.07 Å². The van der Waals surface area contributed by atoms with Crippen molar-refractivity contribution >= 4 is 23.3 Å². The summed E-state index contributed by atoms with van der Waals surface area (Å²) in [5.41, 5.74) is -0.330. The van der Waals surface area contributed by atoms with E-state index in [1.807, 2.05) is 7.05 Å². The molecule has 2 aliphatic heterocycles. The highest BCUT2D eigenvalue weighted by molar-refractivity contribution is 6.05. The summed E-state index contributed by atoms with van der Waals surface area (Å²) in [6.07, 6.45) is -3.47. The minimum absolute atomic E-state index is 0.165. The number of carbonyl (C=O) groups excluding carboxylic acids is 1. The van der Waals surface area contributed by atoms with E-state index in [4.69, 9.17) is 9.90 Å². The molecule has 0 aliphatic carbocycles. The Kier molecular flexibility index (Phi) is 4.61. The molecular formula is C16H17F3N4O3. The van der Waals surface area contributed by atoms with Gasteiger partial charge in [-0.3, -0.25) is 19.6 Å². The topological polar surface area (TPSA) is 89.5 Å². The normalized spacial score (nSPS) is 22.4. The molecule has 1 aromatic heterocycles. The van der Waals surface area contributed by atoms with Crippen LogP contribution in [0.3, 0.4) is 0 Å². The minimum atomic E-state index is -4.41. The predicted octanol–water partition coefficient (Wildman–Crippen LogP) is 1.81. The van der Waals surface area contributed by atoms with Gasteiger partial charge >= 0.3 is 6.18 Å². The van der Waals surface area contributed by atoms with Gasteiger partial charge in [0.15, 0.2) is 5.69 Å². The largest absolute Gasteiger partial charge is 0.483 e. The fraction of sp³-hybridized carbons (Fsp3) is 0.438. The third-order valence-electron chi connectivity index (χ3n) is 4.87. The molecule has 1 amide bonds. The van der Waals surface area contributed by atoms with Crippen LogP contribution in [0.25, 0.3) is 10.9 Å². The van der Waals surface area contributed by atoms with Crippen molar-refractivity contribution in [1.82, 2.24) is 20.0 Å². The van der Waals surface area contributed by atoms with Gasteiger partial charge < -0.3 is 10.0 Å². The molecule has 2 saturated heterocycles. The number of aromatic nitrogens is 2. The first-order valence-corrected chi connectivity index (χ1v) is 7.90. The average molecular weight is 370 g/mol. The number of halogens is 3. The number of nitrogens with zero attached hydrogens (tertiary/aromatic N) is 3. The molecule has 2 aliphatic rings. The SMILES string of the molecule is CN1C[C@@H]2C[C@H]1CN2C(=O)c1n[nH]c2cc(C(F)(F)F)ccc12.O=CO. The molecule has 0 radical (unpaired) electrons. The van der Waals surface area contributed by atoms with Gasteiger partial charge in [-0.25, -0.2) is 0 Å². The number of aromatic amines is 1. The van der Waals surface area contributed by atoms with Crippen LogP contribution in [-0.2, 0) is 11.0 Å². The van der Waals surface area contributed by atoms with E-state index in [0.29, 0.717) is 18.0 Å². The molecule has 10 heteroatoms. The third-order valence-corrected chi connectivity index (χ3v) is 4.87. The van der Waals surface area contributed by atoms with E-state index in [9.17, 15) is 18.0 Å². The van der Waals surface area contributed by atoms with Gasteiger partial charge in [0.2, 0.25) is 0 Å². The zero-order valence-electron chi connectivity index (χ0n) is 13.8. The maximum absolute atomic E-state index is 12.8. The number of hydrogen-bond donors (Lipinski definition) is 2. The molecule has 0 unspecified atom stereocenters. The van der Waals surface area contributed by atoms with Crippen LogP contribution in [0.2, 0.25) is 0 Å². The van der Waals surface area contributed by atoms with Crippen LogP contribution in [0, 0.1) is 0 Å². The molecule has 2 fully saturated rings. The molecule has 0 spiro atoms. The Labute approximate surface area is 146 Å². The number of rotatable bonds is 1. The van der Waals surface area contributed by atoms with Crippen molar-refractivity contribution in [3.63, 3.8) is 0 Å². The third kappa shape index (κ3) is 3.12. The van der Waals surface area contributed by atoms with Crippen LogP contribution >= 0.6 is 0 Å².